The van der Waals surface area contributed by atoms with E-state index in [1.165, 1.54) is 27.1 Å². The predicted octanol–water partition coefficient (Wildman–Crippen LogP) is 3.93. The van der Waals surface area contributed by atoms with Gasteiger partial charge in [-0.05, 0) is 33.9 Å². The molecule has 0 aliphatic carbocycles. The highest BCUT2D eigenvalue weighted by atomic mass is 16.5. The maximum atomic E-state index is 5.74. The van der Waals surface area contributed by atoms with E-state index < -0.39 is 0 Å². The van der Waals surface area contributed by atoms with Crippen LogP contribution in [-0.2, 0) is 6.42 Å². The third kappa shape index (κ3) is 1.19. The molecular weight excluding hydrogens is 208 g/mol. The standard InChI is InChI=1S/C16H12O/c1-2-6-13-11(4-1)10-12-5-3-7-15-16(12)14(13)8-9-17-15/h1-7,10H,8-9H2. The first-order valence-corrected chi connectivity index (χ1v) is 6.00. The molecule has 1 aliphatic rings. The van der Waals surface area contributed by atoms with Gasteiger partial charge in [0.05, 0.1) is 6.61 Å². The molecule has 1 heterocycles. The number of benzene rings is 3. The second-order valence-corrected chi connectivity index (χ2v) is 4.53. The summed E-state index contributed by atoms with van der Waals surface area (Å²) in [6, 6.07) is 17.2. The third-order valence-corrected chi connectivity index (χ3v) is 3.57. The van der Waals surface area contributed by atoms with Gasteiger partial charge in [-0.2, -0.15) is 0 Å². The summed E-state index contributed by atoms with van der Waals surface area (Å²) in [6.45, 7) is 0.792. The van der Waals surface area contributed by atoms with Gasteiger partial charge in [0, 0.05) is 11.8 Å². The summed E-state index contributed by atoms with van der Waals surface area (Å²) in [6.07, 6.45) is 1.01. The molecule has 3 aromatic rings. The van der Waals surface area contributed by atoms with Gasteiger partial charge in [-0.25, -0.2) is 0 Å². The van der Waals surface area contributed by atoms with Gasteiger partial charge in [-0.15, -0.1) is 0 Å². The summed E-state index contributed by atoms with van der Waals surface area (Å²) in [5, 5.41) is 5.29. The Balaban J connectivity index is 2.30. The Morgan fingerprint density at radius 1 is 0.882 bits per heavy atom. The molecular formula is C16H12O. The first-order chi connectivity index (χ1) is 8.43. The molecule has 1 aliphatic heterocycles. The van der Waals surface area contributed by atoms with E-state index in [-0.39, 0.29) is 0 Å². The zero-order chi connectivity index (χ0) is 11.2. The van der Waals surface area contributed by atoms with E-state index in [9.17, 15) is 0 Å². The second kappa shape index (κ2) is 3.24. The third-order valence-electron chi connectivity index (χ3n) is 3.57. The molecule has 0 amide bonds. The van der Waals surface area contributed by atoms with Crippen molar-refractivity contribution in [3.05, 3.63) is 54.1 Å². The average molecular weight is 220 g/mol. The number of rotatable bonds is 0. The van der Waals surface area contributed by atoms with E-state index >= 15 is 0 Å². The molecule has 3 aromatic carbocycles. The lowest BCUT2D eigenvalue weighted by molar-refractivity contribution is 0.319. The van der Waals surface area contributed by atoms with Crippen LogP contribution in [-0.4, -0.2) is 6.61 Å². The van der Waals surface area contributed by atoms with Gasteiger partial charge in [-0.1, -0.05) is 36.4 Å². The molecule has 0 atom stereocenters. The van der Waals surface area contributed by atoms with Gasteiger partial charge >= 0.3 is 0 Å². The molecule has 1 heteroatoms. The highest BCUT2D eigenvalue weighted by Gasteiger charge is 2.15. The van der Waals surface area contributed by atoms with Crippen LogP contribution in [0.1, 0.15) is 5.56 Å². The Morgan fingerprint density at radius 2 is 1.76 bits per heavy atom. The topological polar surface area (TPSA) is 9.23 Å². The molecule has 0 fully saturated rings. The maximum absolute atomic E-state index is 5.74. The van der Waals surface area contributed by atoms with Crippen molar-refractivity contribution in [2.24, 2.45) is 0 Å². The Kier molecular flexibility index (Phi) is 1.72. The van der Waals surface area contributed by atoms with Gasteiger partial charge in [0.2, 0.25) is 0 Å². The maximum Gasteiger partial charge on any atom is 0.127 e. The average Bonchev–Trinajstić information content (AvgIpc) is 2.39. The predicted molar refractivity (Wildman–Crippen MR) is 70.7 cm³/mol. The second-order valence-electron chi connectivity index (χ2n) is 4.53. The van der Waals surface area contributed by atoms with Crippen LogP contribution in [0.25, 0.3) is 21.5 Å². The van der Waals surface area contributed by atoms with E-state index in [1.807, 2.05) is 0 Å². The summed E-state index contributed by atoms with van der Waals surface area (Å²) < 4.78 is 5.74. The van der Waals surface area contributed by atoms with Crippen molar-refractivity contribution in [1.82, 2.24) is 0 Å². The SMILES string of the molecule is c1ccc2c3c4c(cccc4cc2c1)OCC3. The number of ether oxygens (including phenoxy) is 1. The van der Waals surface area contributed by atoms with Crippen LogP contribution in [0.3, 0.4) is 0 Å². The number of fused-ring (bicyclic) bond motifs is 2. The number of hydrogen-bond donors (Lipinski definition) is 0. The van der Waals surface area contributed by atoms with Crippen LogP contribution >= 0.6 is 0 Å². The van der Waals surface area contributed by atoms with Gasteiger partial charge in [0.1, 0.15) is 5.75 Å². The molecule has 0 saturated heterocycles. The monoisotopic (exact) mass is 220 g/mol. The quantitative estimate of drug-likeness (QED) is 0.522. The zero-order valence-corrected chi connectivity index (χ0v) is 9.44. The van der Waals surface area contributed by atoms with E-state index in [0.29, 0.717) is 0 Å². The van der Waals surface area contributed by atoms with Crippen LogP contribution in [0.5, 0.6) is 5.75 Å². The van der Waals surface area contributed by atoms with Crippen LogP contribution in [0.15, 0.2) is 48.5 Å². The van der Waals surface area contributed by atoms with Crippen molar-refractivity contribution < 1.29 is 4.74 Å². The molecule has 0 radical (unpaired) electrons. The van der Waals surface area contributed by atoms with Crippen molar-refractivity contribution in [2.45, 2.75) is 6.42 Å². The highest BCUT2D eigenvalue weighted by molar-refractivity contribution is 6.05. The van der Waals surface area contributed by atoms with Crippen molar-refractivity contribution in [1.29, 1.82) is 0 Å². The smallest absolute Gasteiger partial charge is 0.127 e. The van der Waals surface area contributed by atoms with Crippen molar-refractivity contribution in [3.63, 3.8) is 0 Å². The molecule has 1 nitrogen and oxygen atoms in total. The first kappa shape index (κ1) is 9.06. The Bertz CT molecular complexity index is 728. The van der Waals surface area contributed by atoms with Gasteiger partial charge in [0.15, 0.2) is 0 Å². The minimum atomic E-state index is 0.792. The van der Waals surface area contributed by atoms with E-state index in [1.54, 1.807) is 0 Å². The summed E-state index contributed by atoms with van der Waals surface area (Å²) in [5.74, 6) is 1.04. The summed E-state index contributed by atoms with van der Waals surface area (Å²) in [4.78, 5) is 0. The van der Waals surface area contributed by atoms with Crippen molar-refractivity contribution in [3.8, 4) is 5.75 Å². The van der Waals surface area contributed by atoms with Gasteiger partial charge in [0.25, 0.3) is 0 Å². The fourth-order valence-corrected chi connectivity index (χ4v) is 2.83. The minimum Gasteiger partial charge on any atom is -0.493 e. The van der Waals surface area contributed by atoms with E-state index in [0.717, 1.165) is 18.8 Å². The van der Waals surface area contributed by atoms with Crippen LogP contribution in [0.4, 0.5) is 0 Å². The molecule has 82 valence electrons. The fraction of sp³-hybridized carbons (Fsp3) is 0.125. The normalized spacial score (nSPS) is 13.9. The first-order valence-electron chi connectivity index (χ1n) is 6.00. The summed E-state index contributed by atoms with van der Waals surface area (Å²) >= 11 is 0. The Hall–Kier alpha value is -2.02. The lowest BCUT2D eigenvalue weighted by Crippen LogP contribution is -2.08. The Labute approximate surface area is 99.6 Å². The molecule has 0 unspecified atom stereocenters. The molecule has 0 aromatic heterocycles. The molecule has 0 N–H and O–H groups in total. The van der Waals surface area contributed by atoms with E-state index in [2.05, 4.69) is 48.5 Å². The summed E-state index contributed by atoms with van der Waals surface area (Å²) in [7, 11) is 0. The van der Waals surface area contributed by atoms with E-state index in [4.69, 9.17) is 4.74 Å². The zero-order valence-electron chi connectivity index (χ0n) is 9.44. The van der Waals surface area contributed by atoms with Gasteiger partial charge < -0.3 is 4.74 Å². The van der Waals surface area contributed by atoms with Crippen molar-refractivity contribution in [2.75, 3.05) is 6.61 Å². The van der Waals surface area contributed by atoms with Crippen LogP contribution in [0, 0.1) is 0 Å². The largest absolute Gasteiger partial charge is 0.493 e. The Morgan fingerprint density at radius 3 is 2.76 bits per heavy atom. The molecule has 0 saturated carbocycles. The highest BCUT2D eigenvalue weighted by Crippen LogP contribution is 2.37. The number of hydrogen-bond acceptors (Lipinski definition) is 1. The van der Waals surface area contributed by atoms with Crippen LogP contribution < -0.4 is 4.74 Å². The molecule has 0 bridgehead atoms. The minimum absolute atomic E-state index is 0.792. The fourth-order valence-electron chi connectivity index (χ4n) is 2.83. The molecule has 17 heavy (non-hydrogen) atoms. The molecule has 0 spiro atoms. The lowest BCUT2D eigenvalue weighted by atomic mass is 9.93. The lowest BCUT2D eigenvalue weighted by Gasteiger charge is -2.20. The van der Waals surface area contributed by atoms with Crippen LogP contribution in [0.2, 0.25) is 0 Å². The summed E-state index contributed by atoms with van der Waals surface area (Å²) in [5.41, 5.74) is 1.44. The van der Waals surface area contributed by atoms with Crippen molar-refractivity contribution >= 4 is 21.5 Å². The molecule has 4 rings (SSSR count). The van der Waals surface area contributed by atoms with Gasteiger partial charge in [-0.3, -0.25) is 0 Å².